The Hall–Kier alpha value is -1.83. The number of benzene rings is 1. The molecule has 0 saturated carbocycles. The van der Waals surface area contributed by atoms with Gasteiger partial charge in [-0.15, -0.1) is 0 Å². The predicted octanol–water partition coefficient (Wildman–Crippen LogP) is 3.07. The molecule has 1 aromatic heterocycles. The van der Waals surface area contributed by atoms with Crippen LogP contribution < -0.4 is 0 Å². The van der Waals surface area contributed by atoms with Gasteiger partial charge in [0.15, 0.2) is 0 Å². The monoisotopic (exact) mass is 199 g/mol. The highest BCUT2D eigenvalue weighted by Gasteiger charge is 2.03. The predicted molar refractivity (Wildman–Crippen MR) is 60.8 cm³/mol. The molecule has 1 N–H and O–H groups in total. The van der Waals surface area contributed by atoms with E-state index < -0.39 is 0 Å². The van der Waals surface area contributed by atoms with Gasteiger partial charge in [0.1, 0.15) is 5.75 Å². The Labute approximate surface area is 89.2 Å². The molecule has 2 heteroatoms. The number of nitrogens with zero attached hydrogens (tertiary/aromatic N) is 1. The molecular weight excluding hydrogens is 186 g/mol. The van der Waals surface area contributed by atoms with E-state index in [4.69, 9.17) is 0 Å². The molecule has 2 nitrogen and oxygen atoms in total. The number of rotatable bonds is 1. The van der Waals surface area contributed by atoms with E-state index in [0.717, 1.165) is 22.4 Å². The molecule has 76 valence electrons. The van der Waals surface area contributed by atoms with Gasteiger partial charge in [0, 0.05) is 11.9 Å². The second-order valence-electron chi connectivity index (χ2n) is 3.69. The van der Waals surface area contributed by atoms with Crippen molar-refractivity contribution >= 4 is 0 Å². The van der Waals surface area contributed by atoms with Crippen LogP contribution in [0.3, 0.4) is 0 Å². The molecule has 0 fully saturated rings. The van der Waals surface area contributed by atoms with Crippen LogP contribution in [-0.2, 0) is 0 Å². The number of aryl methyl sites for hydroxylation is 2. The van der Waals surface area contributed by atoms with Crippen molar-refractivity contribution in [2.45, 2.75) is 13.8 Å². The van der Waals surface area contributed by atoms with Crippen LogP contribution in [0.4, 0.5) is 0 Å². The Morgan fingerprint density at radius 1 is 1.13 bits per heavy atom. The van der Waals surface area contributed by atoms with E-state index in [1.165, 1.54) is 0 Å². The molecule has 2 aromatic rings. The summed E-state index contributed by atoms with van der Waals surface area (Å²) in [6, 6.07) is 9.31. The van der Waals surface area contributed by atoms with E-state index in [1.54, 1.807) is 12.1 Å². The lowest BCUT2D eigenvalue weighted by Crippen LogP contribution is -1.88. The summed E-state index contributed by atoms with van der Waals surface area (Å²) in [6.07, 6.45) is 1.86. The molecule has 1 aromatic carbocycles. The van der Waals surface area contributed by atoms with Gasteiger partial charge in [0.2, 0.25) is 0 Å². The summed E-state index contributed by atoms with van der Waals surface area (Å²) in [4.78, 5) is 4.22. The zero-order valence-electron chi connectivity index (χ0n) is 8.86. The highest BCUT2D eigenvalue weighted by atomic mass is 16.3. The number of hydrogen-bond acceptors (Lipinski definition) is 2. The van der Waals surface area contributed by atoms with Gasteiger partial charge in [-0.3, -0.25) is 4.98 Å². The molecule has 2 rings (SSSR count). The second-order valence-corrected chi connectivity index (χ2v) is 3.69. The van der Waals surface area contributed by atoms with Crippen molar-refractivity contribution in [3.05, 3.63) is 47.8 Å². The van der Waals surface area contributed by atoms with Gasteiger partial charge < -0.3 is 5.11 Å². The van der Waals surface area contributed by atoms with Crippen molar-refractivity contribution in [3.63, 3.8) is 0 Å². The van der Waals surface area contributed by atoms with Crippen molar-refractivity contribution in [2.24, 2.45) is 0 Å². The molecule has 0 bridgehead atoms. The second kappa shape index (κ2) is 3.73. The number of pyridine rings is 1. The van der Waals surface area contributed by atoms with Crippen LogP contribution in [-0.4, -0.2) is 10.1 Å². The van der Waals surface area contributed by atoms with Crippen LogP contribution in [0, 0.1) is 13.8 Å². The maximum absolute atomic E-state index is 9.42. The average Bonchev–Trinajstić information content (AvgIpc) is 2.22. The van der Waals surface area contributed by atoms with E-state index in [9.17, 15) is 5.11 Å². The van der Waals surface area contributed by atoms with Gasteiger partial charge >= 0.3 is 0 Å². The number of hydrogen-bond donors (Lipinski definition) is 1. The highest BCUT2D eigenvalue weighted by Crippen LogP contribution is 2.26. The third-order valence-electron chi connectivity index (χ3n) is 2.40. The molecule has 1 heterocycles. The molecule has 0 atom stereocenters. The third kappa shape index (κ3) is 1.99. The standard InChI is InChI=1S/C13H13NO/c1-9-8-14-10(2)6-13(9)11-4-3-5-12(15)7-11/h3-8,15H,1-2H3. The van der Waals surface area contributed by atoms with Crippen LogP contribution in [0.2, 0.25) is 0 Å². The van der Waals surface area contributed by atoms with Gasteiger partial charge in [-0.1, -0.05) is 12.1 Å². The summed E-state index contributed by atoms with van der Waals surface area (Å²) in [5.41, 5.74) is 4.25. The largest absolute Gasteiger partial charge is 0.508 e. The van der Waals surface area contributed by atoms with Gasteiger partial charge in [-0.25, -0.2) is 0 Å². The van der Waals surface area contributed by atoms with Crippen LogP contribution in [0.1, 0.15) is 11.3 Å². The molecule has 15 heavy (non-hydrogen) atoms. The summed E-state index contributed by atoms with van der Waals surface area (Å²) < 4.78 is 0. The molecule has 0 aliphatic rings. The van der Waals surface area contributed by atoms with E-state index in [0.29, 0.717) is 5.75 Å². The average molecular weight is 199 g/mol. The van der Waals surface area contributed by atoms with Gasteiger partial charge in [-0.2, -0.15) is 0 Å². The summed E-state index contributed by atoms with van der Waals surface area (Å²) in [5, 5.41) is 9.42. The van der Waals surface area contributed by atoms with Crippen molar-refractivity contribution < 1.29 is 5.11 Å². The quantitative estimate of drug-likeness (QED) is 0.765. The Morgan fingerprint density at radius 2 is 1.93 bits per heavy atom. The highest BCUT2D eigenvalue weighted by molar-refractivity contribution is 5.68. The Kier molecular flexibility index (Phi) is 2.42. The molecule has 0 amide bonds. The van der Waals surface area contributed by atoms with Gasteiger partial charge in [-0.05, 0) is 48.7 Å². The van der Waals surface area contributed by atoms with E-state index in [2.05, 4.69) is 4.98 Å². The fraction of sp³-hybridized carbons (Fsp3) is 0.154. The number of phenolic OH excluding ortho intramolecular Hbond substituents is 1. The minimum Gasteiger partial charge on any atom is -0.508 e. The van der Waals surface area contributed by atoms with Crippen molar-refractivity contribution in [2.75, 3.05) is 0 Å². The molecule has 0 radical (unpaired) electrons. The van der Waals surface area contributed by atoms with Gasteiger partial charge in [0.25, 0.3) is 0 Å². The lowest BCUT2D eigenvalue weighted by Gasteiger charge is -2.06. The normalized spacial score (nSPS) is 10.3. The first-order chi connectivity index (χ1) is 7.16. The number of aromatic nitrogens is 1. The van der Waals surface area contributed by atoms with Crippen LogP contribution >= 0.6 is 0 Å². The van der Waals surface area contributed by atoms with E-state index in [-0.39, 0.29) is 0 Å². The third-order valence-corrected chi connectivity index (χ3v) is 2.40. The fourth-order valence-corrected chi connectivity index (χ4v) is 1.61. The number of phenols is 1. The Balaban J connectivity index is 2.58. The van der Waals surface area contributed by atoms with Crippen molar-refractivity contribution in [3.8, 4) is 16.9 Å². The maximum Gasteiger partial charge on any atom is 0.116 e. The molecule has 0 aliphatic carbocycles. The molecule has 0 spiro atoms. The van der Waals surface area contributed by atoms with Gasteiger partial charge in [0.05, 0.1) is 0 Å². The Morgan fingerprint density at radius 3 is 2.67 bits per heavy atom. The van der Waals surface area contributed by atoms with E-state index in [1.807, 2.05) is 38.2 Å². The molecule has 0 unspecified atom stereocenters. The summed E-state index contributed by atoms with van der Waals surface area (Å²) >= 11 is 0. The minimum atomic E-state index is 0.293. The summed E-state index contributed by atoms with van der Waals surface area (Å²) in [5.74, 6) is 0.293. The first-order valence-electron chi connectivity index (χ1n) is 4.89. The fourth-order valence-electron chi connectivity index (χ4n) is 1.61. The first kappa shape index (κ1) is 9.71. The topological polar surface area (TPSA) is 33.1 Å². The zero-order valence-corrected chi connectivity index (χ0v) is 8.86. The number of aromatic hydroxyl groups is 1. The van der Waals surface area contributed by atoms with Crippen LogP contribution in [0.5, 0.6) is 5.75 Å². The molecule has 0 aliphatic heterocycles. The van der Waals surface area contributed by atoms with Crippen molar-refractivity contribution in [1.82, 2.24) is 4.98 Å². The van der Waals surface area contributed by atoms with E-state index >= 15 is 0 Å². The van der Waals surface area contributed by atoms with Crippen molar-refractivity contribution in [1.29, 1.82) is 0 Å². The Bertz CT molecular complexity index is 492. The van der Waals surface area contributed by atoms with Crippen LogP contribution in [0.25, 0.3) is 11.1 Å². The minimum absolute atomic E-state index is 0.293. The summed E-state index contributed by atoms with van der Waals surface area (Å²) in [7, 11) is 0. The first-order valence-corrected chi connectivity index (χ1v) is 4.89. The molecule has 0 saturated heterocycles. The van der Waals surface area contributed by atoms with Crippen LogP contribution in [0.15, 0.2) is 36.5 Å². The SMILES string of the molecule is Cc1cc(-c2cccc(O)c2)c(C)cn1. The lowest BCUT2D eigenvalue weighted by molar-refractivity contribution is 0.475. The zero-order chi connectivity index (χ0) is 10.8. The summed E-state index contributed by atoms with van der Waals surface area (Å²) in [6.45, 7) is 3.98. The maximum atomic E-state index is 9.42. The lowest BCUT2D eigenvalue weighted by atomic mass is 10.0. The smallest absolute Gasteiger partial charge is 0.116 e. The molecular formula is C13H13NO.